The summed E-state index contributed by atoms with van der Waals surface area (Å²) in [5, 5.41) is 0. The van der Waals surface area contributed by atoms with E-state index in [1.165, 1.54) is 5.56 Å². The van der Waals surface area contributed by atoms with Gasteiger partial charge in [0.05, 0.1) is 5.69 Å². The summed E-state index contributed by atoms with van der Waals surface area (Å²) in [6, 6.07) is 16.2. The van der Waals surface area contributed by atoms with Crippen molar-refractivity contribution in [3.63, 3.8) is 0 Å². The summed E-state index contributed by atoms with van der Waals surface area (Å²) >= 11 is 0. The van der Waals surface area contributed by atoms with E-state index >= 15 is 0 Å². The van der Waals surface area contributed by atoms with Crippen LogP contribution >= 0.6 is 0 Å². The molecular weight excluding hydrogens is 390 g/mol. The predicted molar refractivity (Wildman–Crippen MR) is 121 cm³/mol. The van der Waals surface area contributed by atoms with E-state index in [9.17, 15) is 9.59 Å². The molecule has 6 heteroatoms. The Balaban J connectivity index is 1.35. The minimum absolute atomic E-state index is 0.102. The first kappa shape index (κ1) is 21.4. The molecule has 0 unspecified atom stereocenters. The molecule has 2 amide bonds. The van der Waals surface area contributed by atoms with Crippen molar-refractivity contribution in [2.24, 2.45) is 0 Å². The van der Waals surface area contributed by atoms with Crippen LogP contribution in [0.3, 0.4) is 0 Å². The van der Waals surface area contributed by atoms with Crippen molar-refractivity contribution in [2.75, 3.05) is 37.6 Å². The zero-order valence-electron chi connectivity index (χ0n) is 18.6. The lowest BCUT2D eigenvalue weighted by Crippen LogP contribution is -2.54. The Morgan fingerprint density at radius 2 is 1.74 bits per heavy atom. The maximum absolute atomic E-state index is 13.0. The van der Waals surface area contributed by atoms with E-state index < -0.39 is 5.60 Å². The highest BCUT2D eigenvalue weighted by Gasteiger charge is 2.41. The van der Waals surface area contributed by atoms with Crippen LogP contribution in [-0.4, -0.2) is 59.9 Å². The minimum atomic E-state index is -0.936. The van der Waals surface area contributed by atoms with Crippen molar-refractivity contribution >= 4 is 17.5 Å². The third-order valence-electron chi connectivity index (χ3n) is 6.05. The van der Waals surface area contributed by atoms with Crippen LogP contribution in [0.5, 0.6) is 5.75 Å². The molecule has 2 heterocycles. The molecule has 0 radical (unpaired) electrons. The zero-order valence-corrected chi connectivity index (χ0v) is 18.6. The highest BCUT2D eigenvalue weighted by Crippen LogP contribution is 2.38. The van der Waals surface area contributed by atoms with Gasteiger partial charge in [0.25, 0.3) is 5.91 Å². The van der Waals surface area contributed by atoms with Crippen LogP contribution < -0.4 is 9.64 Å². The lowest BCUT2D eigenvalue weighted by Gasteiger charge is -2.39. The molecule has 164 valence electrons. The standard InChI is InChI=1S/C25H31N3O3/c1-19-9-10-22-21(17-19)28(24(30)25(2,3)31-22)12-11-23(29)27-15-13-26(14-16-27)18-20-7-5-4-6-8-20/h4-10,17H,11-16,18H2,1-3H3. The number of anilines is 1. The Labute approximate surface area is 184 Å². The van der Waals surface area contributed by atoms with E-state index in [2.05, 4.69) is 29.2 Å². The summed E-state index contributed by atoms with van der Waals surface area (Å²) in [7, 11) is 0. The quantitative estimate of drug-likeness (QED) is 0.744. The Bertz CT molecular complexity index is 950. The summed E-state index contributed by atoms with van der Waals surface area (Å²) in [6.07, 6.45) is 0.313. The smallest absolute Gasteiger partial charge is 0.270 e. The van der Waals surface area contributed by atoms with Gasteiger partial charge in [0.2, 0.25) is 5.91 Å². The number of nitrogens with zero attached hydrogens (tertiary/aromatic N) is 3. The van der Waals surface area contributed by atoms with Crippen LogP contribution in [0.2, 0.25) is 0 Å². The number of ether oxygens (including phenoxy) is 1. The highest BCUT2D eigenvalue weighted by molar-refractivity contribution is 6.02. The maximum Gasteiger partial charge on any atom is 0.270 e. The van der Waals surface area contributed by atoms with Gasteiger partial charge in [0.1, 0.15) is 5.75 Å². The Morgan fingerprint density at radius 3 is 2.45 bits per heavy atom. The molecule has 31 heavy (non-hydrogen) atoms. The van der Waals surface area contributed by atoms with Crippen LogP contribution in [-0.2, 0) is 16.1 Å². The predicted octanol–water partition coefficient (Wildman–Crippen LogP) is 3.23. The lowest BCUT2D eigenvalue weighted by molar-refractivity contribution is -0.134. The van der Waals surface area contributed by atoms with Gasteiger partial charge in [0, 0.05) is 45.7 Å². The number of fused-ring (bicyclic) bond motifs is 1. The van der Waals surface area contributed by atoms with E-state index in [1.54, 1.807) is 18.7 Å². The summed E-state index contributed by atoms with van der Waals surface area (Å²) < 4.78 is 5.91. The number of carbonyl (C=O) groups is 2. The number of benzene rings is 2. The van der Waals surface area contributed by atoms with Crippen LogP contribution in [0.1, 0.15) is 31.4 Å². The van der Waals surface area contributed by atoms with Crippen molar-refractivity contribution < 1.29 is 14.3 Å². The van der Waals surface area contributed by atoms with Crippen LogP contribution in [0.4, 0.5) is 5.69 Å². The summed E-state index contributed by atoms with van der Waals surface area (Å²) in [5.74, 6) is 0.689. The number of rotatable bonds is 5. The molecule has 0 N–H and O–H groups in total. The molecule has 0 saturated carbocycles. The molecule has 1 fully saturated rings. The van der Waals surface area contributed by atoms with Gasteiger partial charge in [-0.05, 0) is 44.0 Å². The largest absolute Gasteiger partial charge is 0.476 e. The third kappa shape index (κ3) is 4.74. The van der Waals surface area contributed by atoms with Gasteiger partial charge in [-0.2, -0.15) is 0 Å². The Hall–Kier alpha value is -2.86. The Morgan fingerprint density at radius 1 is 1.03 bits per heavy atom. The number of amides is 2. The molecule has 4 rings (SSSR count). The molecule has 0 aliphatic carbocycles. The number of hydrogen-bond donors (Lipinski definition) is 0. The summed E-state index contributed by atoms with van der Waals surface area (Å²) in [4.78, 5) is 31.9. The molecule has 2 aliphatic rings. The van der Waals surface area contributed by atoms with E-state index in [1.807, 2.05) is 36.1 Å². The van der Waals surface area contributed by atoms with E-state index in [4.69, 9.17) is 4.74 Å². The number of aryl methyl sites for hydroxylation is 1. The van der Waals surface area contributed by atoms with E-state index in [-0.39, 0.29) is 11.8 Å². The fourth-order valence-corrected chi connectivity index (χ4v) is 4.26. The van der Waals surface area contributed by atoms with Crippen molar-refractivity contribution in [1.29, 1.82) is 0 Å². The monoisotopic (exact) mass is 421 g/mol. The summed E-state index contributed by atoms with van der Waals surface area (Å²) in [5.41, 5.74) is 2.17. The maximum atomic E-state index is 13.0. The molecular formula is C25H31N3O3. The minimum Gasteiger partial charge on any atom is -0.476 e. The molecule has 0 atom stereocenters. The average Bonchev–Trinajstić information content (AvgIpc) is 2.75. The van der Waals surface area contributed by atoms with Gasteiger partial charge >= 0.3 is 0 Å². The zero-order chi connectivity index (χ0) is 22.0. The van der Waals surface area contributed by atoms with Crippen LogP contribution in [0.25, 0.3) is 0 Å². The molecule has 0 bridgehead atoms. The van der Waals surface area contributed by atoms with E-state index in [0.29, 0.717) is 18.7 Å². The highest BCUT2D eigenvalue weighted by atomic mass is 16.5. The molecule has 1 saturated heterocycles. The molecule has 0 spiro atoms. The first-order valence-electron chi connectivity index (χ1n) is 11.0. The van der Waals surface area contributed by atoms with Gasteiger partial charge in [0.15, 0.2) is 5.60 Å². The van der Waals surface area contributed by atoms with Crippen molar-refractivity contribution in [3.8, 4) is 5.75 Å². The first-order chi connectivity index (χ1) is 14.8. The molecule has 2 aromatic rings. The van der Waals surface area contributed by atoms with Crippen molar-refractivity contribution in [2.45, 2.75) is 39.3 Å². The lowest BCUT2D eigenvalue weighted by atomic mass is 10.0. The SMILES string of the molecule is Cc1ccc2c(c1)N(CCC(=O)N1CCN(Cc3ccccc3)CC1)C(=O)C(C)(C)O2. The number of piperazine rings is 1. The molecule has 6 nitrogen and oxygen atoms in total. The van der Waals surface area contributed by atoms with E-state index in [0.717, 1.165) is 44.0 Å². The van der Waals surface area contributed by atoms with Gasteiger partial charge in [-0.3, -0.25) is 14.5 Å². The summed E-state index contributed by atoms with van der Waals surface area (Å²) in [6.45, 7) is 10.0. The molecule has 2 aliphatic heterocycles. The fourth-order valence-electron chi connectivity index (χ4n) is 4.26. The normalized spacial score (nSPS) is 18.5. The third-order valence-corrected chi connectivity index (χ3v) is 6.05. The fraction of sp³-hybridized carbons (Fsp3) is 0.440. The second-order valence-electron chi connectivity index (χ2n) is 8.93. The number of carbonyl (C=O) groups excluding carboxylic acids is 2. The Kier molecular flexibility index (Phi) is 6.01. The number of hydrogen-bond acceptors (Lipinski definition) is 4. The van der Waals surface area contributed by atoms with Gasteiger partial charge in [-0.25, -0.2) is 0 Å². The first-order valence-corrected chi connectivity index (χ1v) is 11.0. The van der Waals surface area contributed by atoms with Gasteiger partial charge in [-0.1, -0.05) is 36.4 Å². The second kappa shape index (κ2) is 8.71. The second-order valence-corrected chi connectivity index (χ2v) is 8.93. The molecule has 2 aromatic carbocycles. The van der Waals surface area contributed by atoms with Gasteiger partial charge < -0.3 is 14.5 Å². The van der Waals surface area contributed by atoms with Crippen LogP contribution in [0, 0.1) is 6.92 Å². The topological polar surface area (TPSA) is 53.1 Å². The molecule has 0 aromatic heterocycles. The van der Waals surface area contributed by atoms with Gasteiger partial charge in [-0.15, -0.1) is 0 Å². The van der Waals surface area contributed by atoms with Crippen molar-refractivity contribution in [1.82, 2.24) is 9.80 Å². The van der Waals surface area contributed by atoms with Crippen LogP contribution in [0.15, 0.2) is 48.5 Å². The van der Waals surface area contributed by atoms with Crippen molar-refractivity contribution in [3.05, 3.63) is 59.7 Å². The average molecular weight is 422 g/mol.